The van der Waals surface area contributed by atoms with Gasteiger partial charge in [0.25, 0.3) is 0 Å². The van der Waals surface area contributed by atoms with Gasteiger partial charge < -0.3 is 5.73 Å². The summed E-state index contributed by atoms with van der Waals surface area (Å²) in [5.74, 6) is 0. The van der Waals surface area contributed by atoms with Gasteiger partial charge in [0.1, 0.15) is 0 Å². The number of nitrogens with one attached hydrogen (secondary N) is 1. The van der Waals surface area contributed by atoms with Gasteiger partial charge in [0.15, 0.2) is 0 Å². The van der Waals surface area contributed by atoms with Crippen LogP contribution in [0.4, 0.5) is 0 Å². The Hall–Kier alpha value is -0.210. The van der Waals surface area contributed by atoms with Crippen molar-refractivity contribution in [2.75, 3.05) is 0 Å². The molecule has 0 bridgehead atoms. The molecule has 0 aliphatic carbocycles. The highest BCUT2D eigenvalue weighted by Crippen LogP contribution is 2.25. The molecule has 106 valence electrons. The largest absolute Gasteiger partial charge is 0.392 e. The summed E-state index contributed by atoms with van der Waals surface area (Å²) in [6.45, 7) is 1.93. The second kappa shape index (κ2) is 6.99. The Labute approximate surface area is 131 Å². The van der Waals surface area contributed by atoms with Crippen LogP contribution < -0.4 is 10.5 Å². The first kappa shape index (κ1) is 16.8. The standard InChI is InChI=1S/C11H14BrClN2O2S2/c1-2-3-10(11(14)18)15-19(16,17)7-4-5-9(13)8(12)6-7/h4-6,10,15H,2-3H2,1H3,(H2,14,18). The second-order valence-electron chi connectivity index (χ2n) is 3.94. The molecule has 1 aromatic rings. The van der Waals surface area contributed by atoms with Gasteiger partial charge in [-0.15, -0.1) is 0 Å². The second-order valence-corrected chi connectivity index (χ2v) is 7.39. The lowest BCUT2D eigenvalue weighted by Gasteiger charge is -2.17. The van der Waals surface area contributed by atoms with E-state index in [0.717, 1.165) is 6.42 Å². The molecule has 4 nitrogen and oxygen atoms in total. The van der Waals surface area contributed by atoms with Gasteiger partial charge in [-0.1, -0.05) is 37.2 Å². The summed E-state index contributed by atoms with van der Waals surface area (Å²) in [6.07, 6.45) is 1.33. The Morgan fingerprint density at radius 2 is 2.21 bits per heavy atom. The van der Waals surface area contributed by atoms with Crippen molar-refractivity contribution < 1.29 is 8.42 Å². The molecule has 0 aliphatic heterocycles. The van der Waals surface area contributed by atoms with Crippen LogP contribution in [0.5, 0.6) is 0 Å². The molecular weight excluding hydrogens is 372 g/mol. The predicted molar refractivity (Wildman–Crippen MR) is 85.0 cm³/mol. The van der Waals surface area contributed by atoms with Gasteiger partial charge in [0.05, 0.1) is 20.9 Å². The van der Waals surface area contributed by atoms with Gasteiger partial charge in [-0.2, -0.15) is 0 Å². The van der Waals surface area contributed by atoms with E-state index in [1.165, 1.54) is 18.2 Å². The Balaban J connectivity index is 3.03. The van der Waals surface area contributed by atoms with Crippen LogP contribution in [0, 0.1) is 0 Å². The smallest absolute Gasteiger partial charge is 0.241 e. The quantitative estimate of drug-likeness (QED) is 0.739. The first-order chi connectivity index (χ1) is 8.77. The lowest BCUT2D eigenvalue weighted by atomic mass is 10.2. The summed E-state index contributed by atoms with van der Waals surface area (Å²) in [4.78, 5) is 0.250. The molecule has 0 heterocycles. The minimum absolute atomic E-state index is 0.112. The molecule has 0 saturated carbocycles. The van der Waals surface area contributed by atoms with Crippen molar-refractivity contribution in [1.82, 2.24) is 4.72 Å². The molecule has 0 saturated heterocycles. The zero-order valence-corrected chi connectivity index (χ0v) is 14.2. The molecule has 1 unspecified atom stereocenters. The number of sulfonamides is 1. The average Bonchev–Trinajstić information content (AvgIpc) is 2.31. The topological polar surface area (TPSA) is 72.2 Å². The number of hydrogen-bond donors (Lipinski definition) is 2. The van der Waals surface area contributed by atoms with Gasteiger partial charge in [-0.05, 0) is 40.5 Å². The van der Waals surface area contributed by atoms with Crippen LogP contribution in [0.3, 0.4) is 0 Å². The third-order valence-corrected chi connectivity index (χ3v) is 5.39. The molecule has 19 heavy (non-hydrogen) atoms. The summed E-state index contributed by atoms with van der Waals surface area (Å²) in [6, 6.07) is 3.83. The maximum atomic E-state index is 12.2. The fourth-order valence-electron chi connectivity index (χ4n) is 1.45. The fourth-order valence-corrected chi connectivity index (χ4v) is 3.62. The number of thiocarbonyl (C=S) groups is 1. The highest BCUT2D eigenvalue weighted by Gasteiger charge is 2.21. The Morgan fingerprint density at radius 1 is 1.58 bits per heavy atom. The van der Waals surface area contributed by atoms with Crippen LogP contribution in [-0.4, -0.2) is 19.4 Å². The van der Waals surface area contributed by atoms with E-state index in [0.29, 0.717) is 15.9 Å². The van der Waals surface area contributed by atoms with Crippen LogP contribution in [0.1, 0.15) is 19.8 Å². The first-order valence-corrected chi connectivity index (χ1v) is 8.61. The summed E-state index contributed by atoms with van der Waals surface area (Å²) < 4.78 is 27.4. The van der Waals surface area contributed by atoms with Crippen LogP contribution in [0.25, 0.3) is 0 Å². The van der Waals surface area contributed by atoms with E-state index in [1.54, 1.807) is 0 Å². The highest BCUT2D eigenvalue weighted by molar-refractivity contribution is 9.10. The van der Waals surface area contributed by atoms with Crippen LogP contribution in [-0.2, 0) is 10.0 Å². The molecule has 1 rings (SSSR count). The van der Waals surface area contributed by atoms with Crippen LogP contribution >= 0.6 is 39.7 Å². The summed E-state index contributed by atoms with van der Waals surface area (Å²) in [7, 11) is -3.67. The number of hydrogen-bond acceptors (Lipinski definition) is 3. The molecule has 1 aromatic carbocycles. The fraction of sp³-hybridized carbons (Fsp3) is 0.364. The minimum Gasteiger partial charge on any atom is -0.392 e. The molecule has 0 spiro atoms. The SMILES string of the molecule is CCCC(NS(=O)(=O)c1ccc(Cl)c(Br)c1)C(N)=S. The van der Waals surface area contributed by atoms with Gasteiger partial charge in [0.2, 0.25) is 10.0 Å². The van der Waals surface area contributed by atoms with Crippen molar-refractivity contribution in [1.29, 1.82) is 0 Å². The summed E-state index contributed by atoms with van der Waals surface area (Å²) >= 11 is 13.9. The van der Waals surface area contributed by atoms with Crippen LogP contribution in [0.15, 0.2) is 27.6 Å². The van der Waals surface area contributed by atoms with Gasteiger partial charge in [0, 0.05) is 4.47 Å². The van der Waals surface area contributed by atoms with E-state index >= 15 is 0 Å². The zero-order valence-electron chi connectivity index (χ0n) is 10.2. The average molecular weight is 386 g/mol. The maximum Gasteiger partial charge on any atom is 0.241 e. The molecule has 0 radical (unpaired) electrons. The van der Waals surface area contributed by atoms with Gasteiger partial charge in [-0.25, -0.2) is 13.1 Å². The molecular formula is C11H14BrClN2O2S2. The zero-order chi connectivity index (χ0) is 14.6. The van der Waals surface area contributed by atoms with Crippen molar-refractivity contribution in [3.63, 3.8) is 0 Å². The molecule has 0 aromatic heterocycles. The van der Waals surface area contributed by atoms with Crippen molar-refractivity contribution >= 4 is 54.8 Å². The van der Waals surface area contributed by atoms with Crippen LogP contribution in [0.2, 0.25) is 5.02 Å². The number of benzene rings is 1. The Morgan fingerprint density at radius 3 is 2.68 bits per heavy atom. The van der Waals surface area contributed by atoms with E-state index < -0.39 is 16.1 Å². The summed E-state index contributed by atoms with van der Waals surface area (Å²) in [5.41, 5.74) is 5.54. The predicted octanol–water partition coefficient (Wildman–Crippen LogP) is 2.84. The van der Waals surface area contributed by atoms with Crippen molar-refractivity contribution in [3.05, 3.63) is 27.7 Å². The number of rotatable bonds is 6. The summed E-state index contributed by atoms with van der Waals surface area (Å²) in [5, 5.41) is 0.443. The van der Waals surface area contributed by atoms with Crippen molar-refractivity contribution in [3.8, 4) is 0 Å². The minimum atomic E-state index is -3.67. The monoisotopic (exact) mass is 384 g/mol. The van der Waals surface area contributed by atoms with Gasteiger partial charge >= 0.3 is 0 Å². The lowest BCUT2D eigenvalue weighted by Crippen LogP contribution is -2.43. The van der Waals surface area contributed by atoms with Crippen molar-refractivity contribution in [2.45, 2.75) is 30.7 Å². The van der Waals surface area contributed by atoms with E-state index in [4.69, 9.17) is 29.6 Å². The normalized spacial score (nSPS) is 13.2. The number of halogens is 2. The van der Waals surface area contributed by atoms with Gasteiger partial charge in [-0.3, -0.25) is 0 Å². The molecule has 1 atom stereocenters. The Bertz CT molecular complexity index is 578. The molecule has 0 fully saturated rings. The highest BCUT2D eigenvalue weighted by atomic mass is 79.9. The third-order valence-electron chi connectivity index (χ3n) is 2.42. The molecule has 0 aliphatic rings. The third kappa shape index (κ3) is 4.68. The molecule has 3 N–H and O–H groups in total. The van der Waals surface area contributed by atoms with E-state index in [1.807, 2.05) is 6.92 Å². The molecule has 0 amide bonds. The van der Waals surface area contributed by atoms with E-state index in [-0.39, 0.29) is 9.88 Å². The number of nitrogens with two attached hydrogens (primary N) is 1. The van der Waals surface area contributed by atoms with Crippen molar-refractivity contribution in [2.24, 2.45) is 5.73 Å². The van der Waals surface area contributed by atoms with E-state index in [9.17, 15) is 8.42 Å². The first-order valence-electron chi connectivity index (χ1n) is 5.54. The Kier molecular flexibility index (Phi) is 6.19. The lowest BCUT2D eigenvalue weighted by molar-refractivity contribution is 0.567. The maximum absolute atomic E-state index is 12.2. The van der Waals surface area contributed by atoms with E-state index in [2.05, 4.69) is 20.7 Å². The molecule has 8 heteroatoms.